The van der Waals surface area contributed by atoms with E-state index in [1.54, 1.807) is 6.92 Å². The number of nitrogens with one attached hydrogen (secondary N) is 1. The van der Waals surface area contributed by atoms with Gasteiger partial charge in [0.25, 0.3) is 5.91 Å². The van der Waals surface area contributed by atoms with E-state index in [-0.39, 0.29) is 30.9 Å². The molecule has 1 rings (SSSR count). The van der Waals surface area contributed by atoms with Crippen molar-refractivity contribution in [1.29, 1.82) is 0 Å². The zero-order chi connectivity index (χ0) is 16.7. The average molecular weight is 307 g/mol. The van der Waals surface area contributed by atoms with E-state index >= 15 is 0 Å². The van der Waals surface area contributed by atoms with Gasteiger partial charge in [-0.3, -0.25) is 9.59 Å². The second-order valence-electron chi connectivity index (χ2n) is 5.71. The van der Waals surface area contributed by atoms with Crippen LogP contribution in [-0.2, 0) is 14.3 Å². The zero-order valence-electron chi connectivity index (χ0n) is 13.9. The molecule has 0 heterocycles. The van der Waals surface area contributed by atoms with Crippen LogP contribution in [0.5, 0.6) is 5.75 Å². The van der Waals surface area contributed by atoms with Gasteiger partial charge in [-0.25, -0.2) is 0 Å². The fourth-order valence-corrected chi connectivity index (χ4v) is 2.24. The SMILES string of the molecule is COC(=O)CC(C)NC(=O)COc1ccc(C(C)C)c(C)c1. The first-order chi connectivity index (χ1) is 10.3. The van der Waals surface area contributed by atoms with E-state index in [2.05, 4.69) is 23.9 Å². The number of esters is 1. The summed E-state index contributed by atoms with van der Waals surface area (Å²) in [7, 11) is 1.32. The van der Waals surface area contributed by atoms with Crippen molar-refractivity contribution < 1.29 is 19.1 Å². The van der Waals surface area contributed by atoms with Crippen LogP contribution in [0.15, 0.2) is 18.2 Å². The van der Waals surface area contributed by atoms with E-state index in [1.165, 1.54) is 12.7 Å². The van der Waals surface area contributed by atoms with Gasteiger partial charge in [-0.05, 0) is 43.0 Å². The number of hydrogen-bond acceptors (Lipinski definition) is 4. The Labute approximate surface area is 132 Å². The Morgan fingerprint density at radius 3 is 2.45 bits per heavy atom. The lowest BCUT2D eigenvalue weighted by atomic mass is 9.98. The number of rotatable bonds is 7. The molecular formula is C17H25NO4. The molecule has 1 aromatic carbocycles. The second-order valence-corrected chi connectivity index (χ2v) is 5.71. The Kier molecular flexibility index (Phi) is 6.89. The maximum atomic E-state index is 11.8. The first kappa shape index (κ1) is 18.0. The fraction of sp³-hybridized carbons (Fsp3) is 0.529. The van der Waals surface area contributed by atoms with E-state index in [0.29, 0.717) is 11.7 Å². The minimum atomic E-state index is -0.353. The lowest BCUT2D eigenvalue weighted by Gasteiger charge is -2.14. The minimum Gasteiger partial charge on any atom is -0.484 e. The van der Waals surface area contributed by atoms with Crippen molar-refractivity contribution in [3.63, 3.8) is 0 Å². The topological polar surface area (TPSA) is 64.6 Å². The summed E-state index contributed by atoms with van der Waals surface area (Å²) in [5, 5.41) is 2.69. The maximum absolute atomic E-state index is 11.8. The van der Waals surface area contributed by atoms with Gasteiger partial charge < -0.3 is 14.8 Å². The minimum absolute atomic E-state index is 0.0774. The largest absolute Gasteiger partial charge is 0.484 e. The molecule has 0 fully saturated rings. The molecule has 0 radical (unpaired) electrons. The molecule has 122 valence electrons. The summed E-state index contributed by atoms with van der Waals surface area (Å²) >= 11 is 0. The Morgan fingerprint density at radius 2 is 1.91 bits per heavy atom. The molecule has 1 unspecified atom stereocenters. The number of carbonyl (C=O) groups is 2. The van der Waals surface area contributed by atoms with E-state index < -0.39 is 0 Å². The molecule has 1 N–H and O–H groups in total. The van der Waals surface area contributed by atoms with Crippen LogP contribution in [0.1, 0.15) is 44.2 Å². The summed E-state index contributed by atoms with van der Waals surface area (Å²) in [5.74, 6) is 0.504. The summed E-state index contributed by atoms with van der Waals surface area (Å²) in [6.45, 7) is 7.97. The molecule has 0 saturated carbocycles. The van der Waals surface area contributed by atoms with Crippen LogP contribution in [0.2, 0.25) is 0 Å². The fourth-order valence-electron chi connectivity index (χ4n) is 2.24. The van der Waals surface area contributed by atoms with Crippen molar-refractivity contribution in [2.45, 2.75) is 46.1 Å². The van der Waals surface area contributed by atoms with E-state index in [9.17, 15) is 9.59 Å². The van der Waals surface area contributed by atoms with Gasteiger partial charge in [-0.1, -0.05) is 19.9 Å². The molecule has 5 heteroatoms. The molecule has 0 aliphatic heterocycles. The molecule has 1 atom stereocenters. The van der Waals surface area contributed by atoms with Gasteiger partial charge in [-0.2, -0.15) is 0 Å². The zero-order valence-corrected chi connectivity index (χ0v) is 13.9. The van der Waals surface area contributed by atoms with Crippen LogP contribution in [0.4, 0.5) is 0 Å². The summed E-state index contributed by atoms with van der Waals surface area (Å²) in [6.07, 6.45) is 0.143. The van der Waals surface area contributed by atoms with Crippen molar-refractivity contribution >= 4 is 11.9 Å². The highest BCUT2D eigenvalue weighted by Gasteiger charge is 2.13. The van der Waals surface area contributed by atoms with Crippen molar-refractivity contribution in [2.24, 2.45) is 0 Å². The van der Waals surface area contributed by atoms with Gasteiger partial charge in [0.1, 0.15) is 5.75 Å². The third-order valence-corrected chi connectivity index (χ3v) is 3.34. The molecule has 1 amide bonds. The van der Waals surface area contributed by atoms with Crippen LogP contribution in [-0.4, -0.2) is 31.6 Å². The first-order valence-corrected chi connectivity index (χ1v) is 7.43. The number of ether oxygens (including phenoxy) is 2. The Morgan fingerprint density at radius 1 is 1.23 bits per heavy atom. The van der Waals surface area contributed by atoms with Crippen molar-refractivity contribution in [2.75, 3.05) is 13.7 Å². The number of aryl methyl sites for hydroxylation is 1. The van der Waals surface area contributed by atoms with E-state index in [0.717, 1.165) is 5.56 Å². The lowest BCUT2D eigenvalue weighted by Crippen LogP contribution is -2.37. The number of carbonyl (C=O) groups excluding carboxylic acids is 2. The highest BCUT2D eigenvalue weighted by Crippen LogP contribution is 2.23. The second kappa shape index (κ2) is 8.41. The van der Waals surface area contributed by atoms with Crippen molar-refractivity contribution in [1.82, 2.24) is 5.32 Å². The van der Waals surface area contributed by atoms with Gasteiger partial charge in [0.05, 0.1) is 13.5 Å². The molecule has 0 aliphatic rings. The summed E-state index contributed by atoms with van der Waals surface area (Å²) < 4.78 is 10.0. The van der Waals surface area contributed by atoms with Gasteiger partial charge >= 0.3 is 5.97 Å². The third-order valence-electron chi connectivity index (χ3n) is 3.34. The highest BCUT2D eigenvalue weighted by atomic mass is 16.5. The number of hydrogen-bond donors (Lipinski definition) is 1. The molecular weight excluding hydrogens is 282 g/mol. The van der Waals surface area contributed by atoms with Gasteiger partial charge in [0.15, 0.2) is 6.61 Å². The molecule has 0 spiro atoms. The van der Waals surface area contributed by atoms with Gasteiger partial charge in [-0.15, -0.1) is 0 Å². The van der Waals surface area contributed by atoms with Gasteiger partial charge in [0.2, 0.25) is 0 Å². The smallest absolute Gasteiger partial charge is 0.307 e. The van der Waals surface area contributed by atoms with Crippen LogP contribution in [0.3, 0.4) is 0 Å². The predicted octanol–water partition coefficient (Wildman–Crippen LogP) is 2.57. The normalized spacial score (nSPS) is 11.9. The quantitative estimate of drug-likeness (QED) is 0.786. The van der Waals surface area contributed by atoms with Crippen LogP contribution in [0.25, 0.3) is 0 Å². The predicted molar refractivity (Wildman–Crippen MR) is 85.0 cm³/mol. The van der Waals surface area contributed by atoms with E-state index in [4.69, 9.17) is 4.74 Å². The number of amides is 1. The van der Waals surface area contributed by atoms with Gasteiger partial charge in [0, 0.05) is 6.04 Å². The standard InChI is InChI=1S/C17H25NO4/c1-11(2)15-7-6-14(8-12(15)3)22-10-16(19)18-13(4)9-17(20)21-5/h6-8,11,13H,9-10H2,1-5H3,(H,18,19). The molecule has 5 nitrogen and oxygen atoms in total. The number of methoxy groups -OCH3 is 1. The Bertz CT molecular complexity index is 525. The highest BCUT2D eigenvalue weighted by molar-refractivity contribution is 5.79. The Balaban J connectivity index is 2.47. The van der Waals surface area contributed by atoms with Crippen molar-refractivity contribution in [3.05, 3.63) is 29.3 Å². The summed E-state index contributed by atoms with van der Waals surface area (Å²) in [5.41, 5.74) is 2.41. The molecule has 0 aliphatic carbocycles. The molecule has 1 aromatic rings. The monoisotopic (exact) mass is 307 g/mol. The summed E-state index contributed by atoms with van der Waals surface area (Å²) in [6, 6.07) is 5.54. The lowest BCUT2D eigenvalue weighted by molar-refractivity contribution is -0.141. The first-order valence-electron chi connectivity index (χ1n) is 7.43. The van der Waals surface area contributed by atoms with E-state index in [1.807, 2.05) is 25.1 Å². The molecule has 22 heavy (non-hydrogen) atoms. The maximum Gasteiger partial charge on any atom is 0.307 e. The van der Waals surface area contributed by atoms with Crippen LogP contribution >= 0.6 is 0 Å². The third kappa shape index (κ3) is 5.76. The van der Waals surface area contributed by atoms with Crippen molar-refractivity contribution in [3.8, 4) is 5.75 Å². The average Bonchev–Trinajstić information content (AvgIpc) is 2.44. The molecule has 0 saturated heterocycles. The number of benzene rings is 1. The van der Waals surface area contributed by atoms with Crippen LogP contribution in [0, 0.1) is 6.92 Å². The Hall–Kier alpha value is -2.04. The summed E-state index contributed by atoms with van der Waals surface area (Å²) in [4.78, 5) is 22.9. The molecule has 0 aromatic heterocycles. The molecule has 0 bridgehead atoms. The van der Waals surface area contributed by atoms with Crippen LogP contribution < -0.4 is 10.1 Å².